The van der Waals surface area contributed by atoms with Gasteiger partial charge in [0.05, 0.1) is 6.26 Å². The Kier molecular flexibility index (Phi) is 7.50. The number of furan rings is 1. The van der Waals surface area contributed by atoms with Gasteiger partial charge in [-0.15, -0.1) is 0 Å². The summed E-state index contributed by atoms with van der Waals surface area (Å²) in [6, 6.07) is 17.9. The Morgan fingerprint density at radius 2 is 1.79 bits per heavy atom. The lowest BCUT2D eigenvalue weighted by Crippen LogP contribution is -2.46. The molecule has 1 atom stereocenters. The quantitative estimate of drug-likeness (QED) is 0.463. The predicted octanol–water partition coefficient (Wildman–Crippen LogP) is 5.73. The number of nitrogens with one attached hydrogen (secondary N) is 1. The third-order valence-electron chi connectivity index (χ3n) is 6.32. The van der Waals surface area contributed by atoms with Gasteiger partial charge in [0, 0.05) is 17.6 Å². The van der Waals surface area contributed by atoms with Crippen molar-refractivity contribution in [3.05, 3.63) is 94.4 Å². The molecule has 1 N–H and O–H groups in total. The second kappa shape index (κ2) is 10.7. The molecule has 1 aromatic heterocycles. The van der Waals surface area contributed by atoms with Gasteiger partial charge in [0.15, 0.2) is 5.76 Å². The van der Waals surface area contributed by atoms with E-state index in [1.165, 1.54) is 6.26 Å². The molecular weight excluding hydrogens is 436 g/mol. The predicted molar refractivity (Wildman–Crippen MR) is 129 cm³/mol. The van der Waals surface area contributed by atoms with Crippen molar-refractivity contribution in [1.29, 1.82) is 0 Å². The summed E-state index contributed by atoms with van der Waals surface area (Å²) in [4.78, 5) is 28.8. The number of halogens is 1. The van der Waals surface area contributed by atoms with E-state index in [9.17, 15) is 9.59 Å². The summed E-state index contributed by atoms with van der Waals surface area (Å²) in [7, 11) is 0. The van der Waals surface area contributed by atoms with Gasteiger partial charge < -0.3 is 14.6 Å². The van der Waals surface area contributed by atoms with Gasteiger partial charge in [-0.25, -0.2) is 0 Å². The summed E-state index contributed by atoms with van der Waals surface area (Å²) in [5.41, 5.74) is 3.02. The van der Waals surface area contributed by atoms with Gasteiger partial charge in [-0.3, -0.25) is 9.59 Å². The fourth-order valence-electron chi connectivity index (χ4n) is 4.49. The van der Waals surface area contributed by atoms with Crippen molar-refractivity contribution in [2.45, 2.75) is 51.1 Å². The van der Waals surface area contributed by atoms with Crippen LogP contribution >= 0.6 is 11.6 Å². The summed E-state index contributed by atoms with van der Waals surface area (Å²) >= 11 is 6.12. The lowest BCUT2D eigenvalue weighted by atomic mass is 10.0. The second-order valence-electron chi connectivity index (χ2n) is 8.60. The van der Waals surface area contributed by atoms with Crippen LogP contribution in [0.5, 0.6) is 0 Å². The van der Waals surface area contributed by atoms with Crippen molar-refractivity contribution >= 4 is 23.4 Å². The zero-order valence-corrected chi connectivity index (χ0v) is 19.6. The number of nitrogens with zero attached hydrogens (tertiary/aromatic N) is 1. The zero-order valence-electron chi connectivity index (χ0n) is 18.8. The number of aryl methyl sites for hydroxylation is 1. The molecule has 0 spiro atoms. The highest BCUT2D eigenvalue weighted by Crippen LogP contribution is 2.27. The summed E-state index contributed by atoms with van der Waals surface area (Å²) in [5, 5.41) is 3.77. The van der Waals surface area contributed by atoms with E-state index in [1.807, 2.05) is 24.3 Å². The minimum Gasteiger partial charge on any atom is -0.459 e. The highest BCUT2D eigenvalue weighted by atomic mass is 35.5. The molecule has 4 rings (SSSR count). The Balaban J connectivity index is 1.68. The third kappa shape index (κ3) is 5.66. The van der Waals surface area contributed by atoms with Crippen molar-refractivity contribution in [1.82, 2.24) is 10.2 Å². The Labute approximate surface area is 199 Å². The molecule has 0 unspecified atom stereocenters. The van der Waals surface area contributed by atoms with Crippen LogP contribution in [-0.4, -0.2) is 29.3 Å². The summed E-state index contributed by atoms with van der Waals surface area (Å²) in [5.74, 6) is -0.267. The number of hydrogen-bond donors (Lipinski definition) is 1. The van der Waals surface area contributed by atoms with Crippen LogP contribution in [0.2, 0.25) is 5.02 Å². The highest BCUT2D eigenvalue weighted by Gasteiger charge is 2.34. The molecule has 0 aliphatic heterocycles. The smallest absolute Gasteiger partial charge is 0.290 e. The van der Waals surface area contributed by atoms with Crippen molar-refractivity contribution in [2.75, 3.05) is 6.54 Å². The van der Waals surface area contributed by atoms with Crippen LogP contribution in [0.15, 0.2) is 71.3 Å². The molecule has 0 saturated heterocycles. The molecule has 1 saturated carbocycles. The lowest BCUT2D eigenvalue weighted by Gasteiger charge is -2.32. The Bertz CT molecular complexity index is 1070. The van der Waals surface area contributed by atoms with Crippen molar-refractivity contribution in [3.63, 3.8) is 0 Å². The average Bonchev–Trinajstić information content (AvgIpc) is 3.52. The number of rotatable bonds is 8. The van der Waals surface area contributed by atoms with E-state index in [2.05, 4.69) is 24.4 Å². The monoisotopic (exact) mass is 464 g/mol. The fraction of sp³-hybridized carbons (Fsp3) is 0.333. The fourth-order valence-corrected chi connectivity index (χ4v) is 4.62. The largest absolute Gasteiger partial charge is 0.459 e. The molecule has 6 heteroatoms. The standard InChI is InChI=1S/C27H29ClN2O3/c1-19-7-2-3-8-20(19)16-17-30(27(32)24-11-6-18-33-24)25(21-12-14-22(28)15-13-21)26(31)29-23-9-4-5-10-23/h2-3,6-8,11-15,18,23,25H,4-5,9-10,16-17H2,1H3,(H,29,31)/t25-/m0/s1. The molecule has 3 aromatic rings. The minimum absolute atomic E-state index is 0.143. The molecule has 0 radical (unpaired) electrons. The number of benzene rings is 2. The first-order valence-corrected chi connectivity index (χ1v) is 11.9. The van der Waals surface area contributed by atoms with E-state index in [0.29, 0.717) is 18.0 Å². The van der Waals surface area contributed by atoms with Crippen molar-refractivity contribution in [2.24, 2.45) is 0 Å². The summed E-state index contributed by atoms with van der Waals surface area (Å²) < 4.78 is 5.43. The SMILES string of the molecule is Cc1ccccc1CCN(C(=O)c1ccco1)[C@H](C(=O)NC1CCCC1)c1ccc(Cl)cc1. The van der Waals surface area contributed by atoms with E-state index in [1.54, 1.807) is 29.2 Å². The van der Waals surface area contributed by atoms with Crippen LogP contribution in [0.25, 0.3) is 0 Å². The van der Waals surface area contributed by atoms with Gasteiger partial charge in [0.2, 0.25) is 5.91 Å². The van der Waals surface area contributed by atoms with Gasteiger partial charge in [-0.05, 0) is 67.1 Å². The van der Waals surface area contributed by atoms with Crippen LogP contribution in [0.1, 0.15) is 59.0 Å². The van der Waals surface area contributed by atoms with Crippen molar-refractivity contribution < 1.29 is 14.0 Å². The van der Waals surface area contributed by atoms with Gasteiger partial charge in [-0.2, -0.15) is 0 Å². The van der Waals surface area contributed by atoms with Crippen LogP contribution in [0.3, 0.4) is 0 Å². The van der Waals surface area contributed by atoms with Crippen molar-refractivity contribution in [3.8, 4) is 0 Å². The molecule has 2 amide bonds. The highest BCUT2D eigenvalue weighted by molar-refractivity contribution is 6.30. The van der Waals surface area contributed by atoms with Crippen LogP contribution in [0.4, 0.5) is 0 Å². The van der Waals surface area contributed by atoms with Gasteiger partial charge in [-0.1, -0.05) is 60.8 Å². The summed E-state index contributed by atoms with van der Waals surface area (Å²) in [6.45, 7) is 2.42. The molecule has 5 nitrogen and oxygen atoms in total. The lowest BCUT2D eigenvalue weighted by molar-refractivity contribution is -0.126. The first-order valence-electron chi connectivity index (χ1n) is 11.5. The first-order chi connectivity index (χ1) is 16.0. The number of carbonyl (C=O) groups excluding carboxylic acids is 2. The average molecular weight is 465 g/mol. The van der Waals surface area contributed by atoms with E-state index in [4.69, 9.17) is 16.0 Å². The Morgan fingerprint density at radius 1 is 1.06 bits per heavy atom. The molecule has 1 heterocycles. The van der Waals surface area contributed by atoms with E-state index in [0.717, 1.165) is 42.4 Å². The molecule has 1 aliphatic carbocycles. The molecular formula is C27H29ClN2O3. The zero-order chi connectivity index (χ0) is 23.2. The number of amides is 2. The van der Waals surface area contributed by atoms with Crippen LogP contribution < -0.4 is 5.32 Å². The van der Waals surface area contributed by atoms with Gasteiger partial charge in [0.25, 0.3) is 5.91 Å². The van der Waals surface area contributed by atoms with Gasteiger partial charge in [0.1, 0.15) is 6.04 Å². The molecule has 1 aliphatic rings. The number of hydrogen-bond acceptors (Lipinski definition) is 3. The van der Waals surface area contributed by atoms with E-state index >= 15 is 0 Å². The van der Waals surface area contributed by atoms with Crippen LogP contribution in [0, 0.1) is 6.92 Å². The number of carbonyl (C=O) groups is 2. The molecule has 2 aromatic carbocycles. The topological polar surface area (TPSA) is 62.6 Å². The second-order valence-corrected chi connectivity index (χ2v) is 9.03. The minimum atomic E-state index is -0.788. The molecule has 0 bridgehead atoms. The molecule has 1 fully saturated rings. The molecule has 172 valence electrons. The Morgan fingerprint density at radius 3 is 2.45 bits per heavy atom. The third-order valence-corrected chi connectivity index (χ3v) is 6.58. The van der Waals surface area contributed by atoms with E-state index in [-0.39, 0.29) is 23.6 Å². The maximum absolute atomic E-state index is 13.6. The van der Waals surface area contributed by atoms with E-state index < -0.39 is 6.04 Å². The maximum Gasteiger partial charge on any atom is 0.290 e. The summed E-state index contributed by atoms with van der Waals surface area (Å²) in [6.07, 6.45) is 6.25. The van der Waals surface area contributed by atoms with Crippen LogP contribution in [-0.2, 0) is 11.2 Å². The molecule has 33 heavy (non-hydrogen) atoms. The Hall–Kier alpha value is -3.05. The first kappa shape index (κ1) is 23.1. The maximum atomic E-state index is 13.6. The van der Waals surface area contributed by atoms with Gasteiger partial charge >= 0.3 is 0 Å². The normalized spacial score (nSPS) is 14.7.